The molecule has 0 saturated carbocycles. The van der Waals surface area contributed by atoms with Crippen LogP contribution < -0.4 is 10.1 Å². The number of amides is 2. The number of halogens is 1. The molecule has 0 atom stereocenters. The van der Waals surface area contributed by atoms with Gasteiger partial charge in [-0.05, 0) is 44.2 Å². The van der Waals surface area contributed by atoms with E-state index < -0.39 is 5.82 Å². The van der Waals surface area contributed by atoms with Gasteiger partial charge in [-0.2, -0.15) is 0 Å². The van der Waals surface area contributed by atoms with Gasteiger partial charge >= 0.3 is 0 Å². The Labute approximate surface area is 153 Å². The number of carbonyl (C=O) groups excluding carboxylic acids is 2. The normalized spacial score (nSPS) is 17.3. The number of hydrogen-bond acceptors (Lipinski definition) is 3. The van der Waals surface area contributed by atoms with Crippen LogP contribution in [0, 0.1) is 11.7 Å². The number of carbonyl (C=O) groups is 2. The number of nitrogens with zero attached hydrogens (tertiary/aromatic N) is 1. The highest BCUT2D eigenvalue weighted by Crippen LogP contribution is 2.20. The number of likely N-dealkylation sites (tertiary alicyclic amines) is 1. The van der Waals surface area contributed by atoms with Gasteiger partial charge in [0, 0.05) is 19.6 Å². The second kappa shape index (κ2) is 8.83. The molecule has 1 N–H and O–H groups in total. The largest absolute Gasteiger partial charge is 0.481 e. The van der Waals surface area contributed by atoms with E-state index in [0.717, 1.165) is 19.3 Å². The zero-order valence-electron chi connectivity index (χ0n) is 14.9. The average Bonchev–Trinajstić information content (AvgIpc) is 2.61. The van der Waals surface area contributed by atoms with E-state index in [0.29, 0.717) is 19.6 Å². The number of hydrogen-bond donors (Lipinski definition) is 1. The van der Waals surface area contributed by atoms with Gasteiger partial charge in [0.05, 0.1) is 5.92 Å². The van der Waals surface area contributed by atoms with E-state index in [1.54, 1.807) is 17.0 Å². The van der Waals surface area contributed by atoms with Crippen molar-refractivity contribution in [1.82, 2.24) is 10.2 Å². The zero-order valence-corrected chi connectivity index (χ0v) is 14.9. The summed E-state index contributed by atoms with van der Waals surface area (Å²) in [5.74, 6) is -0.820. The molecule has 1 heterocycles. The lowest BCUT2D eigenvalue weighted by molar-refractivity contribution is -0.144. The summed E-state index contributed by atoms with van der Waals surface area (Å²) in [6, 6.07) is 5.98. The van der Waals surface area contributed by atoms with Crippen molar-refractivity contribution in [1.29, 1.82) is 0 Å². The Morgan fingerprint density at radius 2 is 2.04 bits per heavy atom. The van der Waals surface area contributed by atoms with Gasteiger partial charge in [0.15, 0.2) is 18.2 Å². The Balaban J connectivity index is 1.32. The van der Waals surface area contributed by atoms with Crippen LogP contribution >= 0.6 is 0 Å². The van der Waals surface area contributed by atoms with E-state index in [1.165, 1.54) is 30.5 Å². The number of para-hydroxylation sites is 1. The van der Waals surface area contributed by atoms with Gasteiger partial charge in [-0.1, -0.05) is 23.8 Å². The molecule has 0 unspecified atom stereocenters. The summed E-state index contributed by atoms with van der Waals surface area (Å²) in [5.41, 5.74) is 1.44. The van der Waals surface area contributed by atoms with E-state index >= 15 is 0 Å². The molecule has 0 radical (unpaired) electrons. The molecular weight excluding hydrogens is 335 g/mol. The molecule has 3 rings (SSSR count). The van der Waals surface area contributed by atoms with Gasteiger partial charge in [-0.3, -0.25) is 9.59 Å². The Morgan fingerprint density at radius 1 is 1.23 bits per heavy atom. The average molecular weight is 360 g/mol. The summed E-state index contributed by atoms with van der Waals surface area (Å²) in [4.78, 5) is 25.7. The summed E-state index contributed by atoms with van der Waals surface area (Å²) < 4.78 is 18.7. The van der Waals surface area contributed by atoms with Crippen LogP contribution in [0.15, 0.2) is 35.9 Å². The summed E-state index contributed by atoms with van der Waals surface area (Å²) >= 11 is 0. The number of ether oxygens (including phenoxy) is 1. The molecule has 1 aromatic carbocycles. The molecule has 6 heteroatoms. The van der Waals surface area contributed by atoms with E-state index in [2.05, 4.69) is 11.4 Å². The fourth-order valence-corrected chi connectivity index (χ4v) is 3.26. The predicted molar refractivity (Wildman–Crippen MR) is 96.1 cm³/mol. The van der Waals surface area contributed by atoms with Crippen molar-refractivity contribution in [3.63, 3.8) is 0 Å². The lowest BCUT2D eigenvalue weighted by Crippen LogP contribution is -2.56. The standard InChI is InChI=1S/C20H25FN2O3/c21-17-8-4-5-9-18(17)26-14-19(24)23-12-16(13-23)20(25)22-11-10-15-6-2-1-3-7-15/h4-6,8-9,16H,1-3,7,10-14H2,(H,22,25). The van der Waals surface area contributed by atoms with Gasteiger partial charge in [0.25, 0.3) is 5.91 Å². The smallest absolute Gasteiger partial charge is 0.260 e. The predicted octanol–water partition coefficient (Wildman–Crippen LogP) is 2.67. The first kappa shape index (κ1) is 18.4. The first-order valence-corrected chi connectivity index (χ1v) is 9.24. The molecular formula is C20H25FN2O3. The van der Waals surface area contributed by atoms with Crippen molar-refractivity contribution in [2.75, 3.05) is 26.2 Å². The highest BCUT2D eigenvalue weighted by atomic mass is 19.1. The van der Waals surface area contributed by atoms with Crippen LogP contribution in [0.5, 0.6) is 5.75 Å². The van der Waals surface area contributed by atoms with Crippen LogP contribution in [-0.2, 0) is 9.59 Å². The van der Waals surface area contributed by atoms with Gasteiger partial charge in [-0.25, -0.2) is 4.39 Å². The van der Waals surface area contributed by atoms with Crippen LogP contribution in [0.3, 0.4) is 0 Å². The molecule has 2 aliphatic rings. The molecule has 1 aliphatic heterocycles. The van der Waals surface area contributed by atoms with Gasteiger partial charge < -0.3 is 15.0 Å². The maximum Gasteiger partial charge on any atom is 0.260 e. The second-order valence-corrected chi connectivity index (χ2v) is 6.86. The third-order valence-electron chi connectivity index (χ3n) is 4.92. The summed E-state index contributed by atoms with van der Waals surface area (Å²) in [6.07, 6.45) is 8.00. The number of rotatable bonds is 7. The Bertz CT molecular complexity index is 683. The lowest BCUT2D eigenvalue weighted by atomic mass is 9.96. The third kappa shape index (κ3) is 4.84. The van der Waals surface area contributed by atoms with E-state index in [1.807, 2.05) is 0 Å². The van der Waals surface area contributed by atoms with Crippen molar-refractivity contribution in [2.45, 2.75) is 32.1 Å². The van der Waals surface area contributed by atoms with Gasteiger partial charge in [0.1, 0.15) is 0 Å². The first-order valence-electron chi connectivity index (χ1n) is 9.24. The molecule has 5 nitrogen and oxygen atoms in total. The third-order valence-corrected chi connectivity index (χ3v) is 4.92. The summed E-state index contributed by atoms with van der Waals surface area (Å²) in [6.45, 7) is 1.23. The van der Waals surface area contributed by atoms with Crippen LogP contribution in [0.1, 0.15) is 32.1 Å². The van der Waals surface area contributed by atoms with Gasteiger partial charge in [-0.15, -0.1) is 0 Å². The minimum absolute atomic E-state index is 0.000446. The van der Waals surface area contributed by atoms with Gasteiger partial charge in [0.2, 0.25) is 5.91 Å². The molecule has 1 saturated heterocycles. The summed E-state index contributed by atoms with van der Waals surface area (Å²) in [7, 11) is 0. The van der Waals surface area contributed by atoms with E-state index in [-0.39, 0.29) is 30.1 Å². The molecule has 1 aliphatic carbocycles. The molecule has 0 aromatic heterocycles. The van der Waals surface area contributed by atoms with Crippen LogP contribution in [0.2, 0.25) is 0 Å². The SMILES string of the molecule is O=C(NCCC1=CCCCC1)C1CN(C(=O)COc2ccccc2F)C1. The first-order chi connectivity index (χ1) is 12.6. The van der Waals surface area contributed by atoms with E-state index in [9.17, 15) is 14.0 Å². The van der Waals surface area contributed by atoms with E-state index in [4.69, 9.17) is 4.74 Å². The monoisotopic (exact) mass is 360 g/mol. The molecule has 1 fully saturated rings. The maximum absolute atomic E-state index is 13.5. The Hall–Kier alpha value is -2.37. The van der Waals surface area contributed by atoms with Crippen molar-refractivity contribution >= 4 is 11.8 Å². The minimum Gasteiger partial charge on any atom is -0.481 e. The number of nitrogens with one attached hydrogen (secondary N) is 1. The van der Waals surface area contributed by atoms with Crippen LogP contribution in [0.25, 0.3) is 0 Å². The Morgan fingerprint density at radius 3 is 2.77 bits per heavy atom. The molecule has 2 amide bonds. The molecule has 140 valence electrons. The van der Waals surface area contributed by atoms with Crippen molar-refractivity contribution in [3.8, 4) is 5.75 Å². The lowest BCUT2D eigenvalue weighted by Gasteiger charge is -2.38. The van der Waals surface area contributed by atoms with Crippen molar-refractivity contribution in [3.05, 3.63) is 41.7 Å². The molecule has 26 heavy (non-hydrogen) atoms. The number of benzene rings is 1. The highest BCUT2D eigenvalue weighted by molar-refractivity contribution is 5.85. The Kier molecular flexibility index (Phi) is 6.26. The van der Waals surface area contributed by atoms with Crippen molar-refractivity contribution < 1.29 is 18.7 Å². The van der Waals surface area contributed by atoms with Crippen LogP contribution in [-0.4, -0.2) is 43.0 Å². The fourth-order valence-electron chi connectivity index (χ4n) is 3.26. The fraction of sp³-hybridized carbons (Fsp3) is 0.500. The van der Waals surface area contributed by atoms with Crippen LogP contribution in [0.4, 0.5) is 4.39 Å². The highest BCUT2D eigenvalue weighted by Gasteiger charge is 2.35. The quantitative estimate of drug-likeness (QED) is 0.761. The second-order valence-electron chi connectivity index (χ2n) is 6.86. The summed E-state index contributed by atoms with van der Waals surface area (Å²) in [5, 5.41) is 2.96. The molecule has 0 spiro atoms. The number of allylic oxidation sites excluding steroid dienone is 1. The molecule has 1 aromatic rings. The molecule has 0 bridgehead atoms. The van der Waals surface area contributed by atoms with Crippen molar-refractivity contribution in [2.24, 2.45) is 5.92 Å². The minimum atomic E-state index is -0.491. The topological polar surface area (TPSA) is 58.6 Å². The zero-order chi connectivity index (χ0) is 18.4. The maximum atomic E-state index is 13.5.